The topological polar surface area (TPSA) is 87.1 Å². The Kier molecular flexibility index (Phi) is 7.22. The van der Waals surface area contributed by atoms with Gasteiger partial charge in [0.15, 0.2) is 0 Å². The maximum Gasteiger partial charge on any atom is 0.309 e. The third kappa shape index (κ3) is 5.78. The Hall–Kier alpha value is -3.32. The first-order chi connectivity index (χ1) is 16.3. The smallest absolute Gasteiger partial charge is 0.309 e. The number of aliphatic carboxylic acids is 1. The molecule has 0 radical (unpaired) electrons. The number of rotatable bonds is 9. The zero-order valence-electron chi connectivity index (χ0n) is 19.6. The minimum atomic E-state index is -0.841. The average molecular weight is 463 g/mol. The van der Waals surface area contributed by atoms with E-state index < -0.39 is 11.4 Å². The number of aromatic nitrogens is 2. The summed E-state index contributed by atoms with van der Waals surface area (Å²) in [6, 6.07) is 15.9. The van der Waals surface area contributed by atoms with Crippen molar-refractivity contribution in [2.24, 2.45) is 11.3 Å². The Labute approximate surface area is 199 Å². The quantitative estimate of drug-likeness (QED) is 0.436. The van der Waals surface area contributed by atoms with E-state index in [9.17, 15) is 14.3 Å². The van der Waals surface area contributed by atoms with Gasteiger partial charge in [0.05, 0.1) is 23.0 Å². The Morgan fingerprint density at radius 1 is 1.21 bits per heavy atom. The molecule has 0 saturated carbocycles. The number of nitrogens with zero attached hydrogens (tertiary/aromatic N) is 2. The molecule has 178 valence electrons. The molecule has 1 aliphatic heterocycles. The van der Waals surface area contributed by atoms with Crippen LogP contribution in [0, 0.1) is 17.2 Å². The summed E-state index contributed by atoms with van der Waals surface area (Å²) in [5, 5.41) is 16.4. The van der Waals surface area contributed by atoms with Crippen LogP contribution < -0.4 is 10.6 Å². The number of carboxylic acid groups (broad SMARTS) is 1. The Bertz CT molecular complexity index is 1120. The number of pyridine rings is 2. The Morgan fingerprint density at radius 3 is 2.71 bits per heavy atom. The average Bonchev–Trinajstić information content (AvgIpc) is 2.83. The SMILES string of the molecule is CC(C)(Cc1ccc(CCN[C@H](c2ccccc2)[C@H]2CNc3cc(F)cnc3C2)cn1)C(=O)O. The second-order valence-corrected chi connectivity index (χ2v) is 9.61. The molecule has 0 fully saturated rings. The number of hydrogen-bond donors (Lipinski definition) is 3. The van der Waals surface area contributed by atoms with Crippen molar-refractivity contribution >= 4 is 11.7 Å². The lowest BCUT2D eigenvalue weighted by molar-refractivity contribution is -0.146. The molecule has 2 atom stereocenters. The fourth-order valence-corrected chi connectivity index (χ4v) is 4.41. The third-order valence-electron chi connectivity index (χ3n) is 6.44. The lowest BCUT2D eigenvalue weighted by Crippen LogP contribution is -2.37. The van der Waals surface area contributed by atoms with Crippen LogP contribution in [0.5, 0.6) is 0 Å². The molecule has 1 aliphatic rings. The van der Waals surface area contributed by atoms with E-state index in [2.05, 4.69) is 32.7 Å². The molecule has 7 heteroatoms. The van der Waals surface area contributed by atoms with Gasteiger partial charge in [0.25, 0.3) is 0 Å². The molecule has 1 aromatic carbocycles. The monoisotopic (exact) mass is 462 g/mol. The lowest BCUT2D eigenvalue weighted by Gasteiger charge is -2.33. The van der Waals surface area contributed by atoms with Crippen LogP contribution in [0.4, 0.5) is 10.1 Å². The predicted octanol–water partition coefficient (Wildman–Crippen LogP) is 4.43. The largest absolute Gasteiger partial charge is 0.481 e. The number of nitrogens with one attached hydrogen (secondary N) is 2. The summed E-state index contributed by atoms with van der Waals surface area (Å²) in [5.41, 5.74) is 3.92. The second kappa shape index (κ2) is 10.3. The molecule has 3 heterocycles. The molecule has 6 nitrogen and oxygen atoms in total. The number of benzene rings is 1. The van der Waals surface area contributed by atoms with Crippen molar-refractivity contribution in [3.05, 3.63) is 89.3 Å². The highest BCUT2D eigenvalue weighted by molar-refractivity contribution is 5.73. The summed E-state index contributed by atoms with van der Waals surface area (Å²) in [7, 11) is 0. The number of halogens is 1. The van der Waals surface area contributed by atoms with E-state index in [1.807, 2.05) is 36.5 Å². The molecule has 34 heavy (non-hydrogen) atoms. The van der Waals surface area contributed by atoms with Gasteiger partial charge < -0.3 is 15.7 Å². The van der Waals surface area contributed by atoms with Crippen LogP contribution in [-0.2, 0) is 24.1 Å². The summed E-state index contributed by atoms with van der Waals surface area (Å²) in [6.07, 6.45) is 5.08. The van der Waals surface area contributed by atoms with E-state index >= 15 is 0 Å². The predicted molar refractivity (Wildman–Crippen MR) is 130 cm³/mol. The minimum Gasteiger partial charge on any atom is -0.481 e. The summed E-state index contributed by atoms with van der Waals surface area (Å²) in [5.74, 6) is -0.880. The Morgan fingerprint density at radius 2 is 2.00 bits per heavy atom. The number of carbonyl (C=O) groups is 1. The third-order valence-corrected chi connectivity index (χ3v) is 6.44. The van der Waals surface area contributed by atoms with Crippen LogP contribution in [-0.4, -0.2) is 34.1 Å². The molecule has 0 amide bonds. The first-order valence-corrected chi connectivity index (χ1v) is 11.7. The molecular weight excluding hydrogens is 431 g/mol. The van der Waals surface area contributed by atoms with Crippen molar-refractivity contribution in [3.63, 3.8) is 0 Å². The standard InChI is InChI=1S/C27H31FN4O2/c1-27(2,26(33)34)14-22-9-8-18(15-30-22)10-11-29-25(19-6-4-3-5-7-19)20-12-23-24(31-16-20)13-21(28)17-32-23/h3-9,13,15,17,20,25,29,31H,10-12,14,16H2,1-2H3,(H,33,34)/t20-,25-/m1/s1. The molecule has 0 bridgehead atoms. The van der Waals surface area contributed by atoms with Gasteiger partial charge in [-0.3, -0.25) is 14.8 Å². The van der Waals surface area contributed by atoms with Crippen molar-refractivity contribution in [2.45, 2.75) is 39.2 Å². The zero-order valence-corrected chi connectivity index (χ0v) is 19.6. The summed E-state index contributed by atoms with van der Waals surface area (Å²) < 4.78 is 13.5. The van der Waals surface area contributed by atoms with E-state index in [0.29, 0.717) is 6.42 Å². The molecule has 3 aromatic rings. The van der Waals surface area contributed by atoms with Crippen LogP contribution in [0.15, 0.2) is 60.9 Å². The van der Waals surface area contributed by atoms with Crippen LogP contribution in [0.2, 0.25) is 0 Å². The fourth-order valence-electron chi connectivity index (χ4n) is 4.41. The highest BCUT2D eigenvalue weighted by Gasteiger charge is 2.29. The first-order valence-electron chi connectivity index (χ1n) is 11.7. The summed E-state index contributed by atoms with van der Waals surface area (Å²) in [6.45, 7) is 4.92. The number of carboxylic acids is 1. The number of hydrogen-bond acceptors (Lipinski definition) is 5. The van der Waals surface area contributed by atoms with Gasteiger partial charge in [-0.1, -0.05) is 36.4 Å². The van der Waals surface area contributed by atoms with Gasteiger partial charge in [-0.2, -0.15) is 0 Å². The van der Waals surface area contributed by atoms with Crippen molar-refractivity contribution in [1.29, 1.82) is 0 Å². The zero-order chi connectivity index (χ0) is 24.1. The molecule has 0 saturated heterocycles. The van der Waals surface area contributed by atoms with Crippen LogP contribution in [0.3, 0.4) is 0 Å². The molecule has 4 rings (SSSR count). The van der Waals surface area contributed by atoms with Crippen LogP contribution >= 0.6 is 0 Å². The molecule has 0 unspecified atom stereocenters. The van der Waals surface area contributed by atoms with Gasteiger partial charge in [0.1, 0.15) is 5.82 Å². The normalized spacial score (nSPS) is 16.4. The Balaban J connectivity index is 1.40. The maximum atomic E-state index is 13.5. The van der Waals surface area contributed by atoms with Gasteiger partial charge in [0.2, 0.25) is 0 Å². The second-order valence-electron chi connectivity index (χ2n) is 9.61. The lowest BCUT2D eigenvalue weighted by atomic mass is 9.86. The van der Waals surface area contributed by atoms with Crippen LogP contribution in [0.1, 0.15) is 42.4 Å². The van der Waals surface area contributed by atoms with Crippen molar-refractivity contribution in [3.8, 4) is 0 Å². The molecular formula is C27H31FN4O2. The van der Waals surface area contributed by atoms with Crippen molar-refractivity contribution in [2.75, 3.05) is 18.4 Å². The van der Waals surface area contributed by atoms with Gasteiger partial charge in [-0.15, -0.1) is 0 Å². The molecule has 0 aliphatic carbocycles. The van der Waals surface area contributed by atoms with E-state index in [1.54, 1.807) is 13.8 Å². The minimum absolute atomic E-state index is 0.123. The first kappa shape index (κ1) is 23.8. The molecule has 0 spiro atoms. The van der Waals surface area contributed by atoms with E-state index in [-0.39, 0.29) is 17.8 Å². The molecule has 2 aromatic heterocycles. The summed E-state index contributed by atoms with van der Waals surface area (Å²) in [4.78, 5) is 20.2. The highest BCUT2D eigenvalue weighted by Crippen LogP contribution is 2.31. The van der Waals surface area contributed by atoms with Gasteiger partial charge in [-0.05, 0) is 50.4 Å². The van der Waals surface area contributed by atoms with Crippen molar-refractivity contribution in [1.82, 2.24) is 15.3 Å². The fraction of sp³-hybridized carbons (Fsp3) is 0.370. The summed E-state index contributed by atoms with van der Waals surface area (Å²) >= 11 is 0. The van der Waals surface area contributed by atoms with Crippen LogP contribution in [0.25, 0.3) is 0 Å². The maximum absolute atomic E-state index is 13.5. The number of anilines is 1. The van der Waals surface area contributed by atoms with E-state index in [0.717, 1.165) is 48.6 Å². The highest BCUT2D eigenvalue weighted by atomic mass is 19.1. The van der Waals surface area contributed by atoms with Gasteiger partial charge >= 0.3 is 5.97 Å². The van der Waals surface area contributed by atoms with E-state index in [4.69, 9.17) is 0 Å². The van der Waals surface area contributed by atoms with E-state index in [1.165, 1.54) is 17.8 Å². The van der Waals surface area contributed by atoms with Gasteiger partial charge in [-0.25, -0.2) is 4.39 Å². The number of fused-ring (bicyclic) bond motifs is 1. The van der Waals surface area contributed by atoms with Gasteiger partial charge in [0, 0.05) is 42.9 Å². The van der Waals surface area contributed by atoms with Crippen molar-refractivity contribution < 1.29 is 14.3 Å². The molecule has 3 N–H and O–H groups in total.